The number of rotatable bonds is 9. The minimum absolute atomic E-state index is 0.0389. The zero-order valence-electron chi connectivity index (χ0n) is 15.7. The van der Waals surface area contributed by atoms with Crippen LogP contribution in [0.15, 0.2) is 30.3 Å². The van der Waals surface area contributed by atoms with Gasteiger partial charge in [-0.05, 0) is 5.56 Å². The lowest BCUT2D eigenvalue weighted by atomic mass is 9.74. The van der Waals surface area contributed by atoms with Gasteiger partial charge in [-0.25, -0.2) is 0 Å². The average molecular weight is 462 g/mol. The van der Waals surface area contributed by atoms with Crippen LogP contribution in [0.5, 0.6) is 0 Å². The summed E-state index contributed by atoms with van der Waals surface area (Å²) in [5.41, 5.74) is 1.13. The monoisotopic (exact) mass is 462 g/mol. The highest BCUT2D eigenvalue weighted by Gasteiger charge is 2.46. The molecule has 1 aromatic rings. The Morgan fingerprint density at radius 3 is 2.56 bits per heavy atom. The van der Waals surface area contributed by atoms with E-state index in [0.29, 0.717) is 13.2 Å². The molecule has 1 heterocycles. The van der Waals surface area contributed by atoms with Crippen molar-refractivity contribution < 1.29 is 18.9 Å². The summed E-state index contributed by atoms with van der Waals surface area (Å²) in [6.45, 7) is 5.71. The van der Waals surface area contributed by atoms with E-state index in [4.69, 9.17) is 18.9 Å². The quantitative estimate of drug-likeness (QED) is 0.407. The van der Waals surface area contributed by atoms with Gasteiger partial charge in [0.15, 0.2) is 0 Å². The third-order valence-corrected chi connectivity index (χ3v) is 6.10. The Morgan fingerprint density at radius 2 is 1.96 bits per heavy atom. The fourth-order valence-corrected chi connectivity index (χ4v) is 3.95. The van der Waals surface area contributed by atoms with Crippen LogP contribution < -0.4 is 0 Å². The second kappa shape index (κ2) is 10.2. The van der Waals surface area contributed by atoms with Crippen LogP contribution in [0.1, 0.15) is 32.3 Å². The molecule has 0 bridgehead atoms. The molecule has 1 aliphatic rings. The minimum Gasteiger partial charge on any atom is -0.382 e. The third kappa shape index (κ3) is 5.89. The number of halogens is 1. The summed E-state index contributed by atoms with van der Waals surface area (Å²) in [6, 6.07) is 10.4. The van der Waals surface area contributed by atoms with Crippen LogP contribution in [-0.4, -0.2) is 49.7 Å². The van der Waals surface area contributed by atoms with Gasteiger partial charge in [-0.1, -0.05) is 66.8 Å². The molecular weight excluding hydrogens is 431 g/mol. The van der Waals surface area contributed by atoms with Crippen LogP contribution in [0.3, 0.4) is 0 Å². The Morgan fingerprint density at radius 1 is 1.24 bits per heavy atom. The van der Waals surface area contributed by atoms with Crippen LogP contribution in [0, 0.1) is 5.41 Å². The third-order valence-electron chi connectivity index (χ3n) is 5.12. The fraction of sp³-hybridized carbons (Fsp3) is 0.700. The van der Waals surface area contributed by atoms with Crippen molar-refractivity contribution in [2.45, 2.75) is 57.7 Å². The van der Waals surface area contributed by atoms with Crippen LogP contribution in [-0.2, 0) is 25.6 Å². The summed E-state index contributed by atoms with van der Waals surface area (Å²) >= 11 is 2.40. The van der Waals surface area contributed by atoms with Crippen molar-refractivity contribution in [3.05, 3.63) is 35.9 Å². The van der Waals surface area contributed by atoms with Gasteiger partial charge in [0.25, 0.3) is 0 Å². The van der Waals surface area contributed by atoms with Crippen LogP contribution in [0.25, 0.3) is 0 Å². The molecule has 0 aromatic heterocycles. The summed E-state index contributed by atoms with van der Waals surface area (Å²) in [5, 5.41) is 0. The van der Waals surface area contributed by atoms with Crippen LogP contribution >= 0.6 is 22.6 Å². The van der Waals surface area contributed by atoms with Crippen LogP contribution in [0.4, 0.5) is 0 Å². The Balaban J connectivity index is 2.06. The highest BCUT2D eigenvalue weighted by atomic mass is 127. The highest BCUT2D eigenvalue weighted by molar-refractivity contribution is 14.1. The number of benzene rings is 1. The fourth-order valence-electron chi connectivity index (χ4n) is 3.38. The van der Waals surface area contributed by atoms with E-state index in [1.807, 2.05) is 6.07 Å². The summed E-state index contributed by atoms with van der Waals surface area (Å²) < 4.78 is 24.6. The molecule has 4 atom stereocenters. The van der Waals surface area contributed by atoms with Gasteiger partial charge in [0.2, 0.25) is 0 Å². The molecule has 1 aliphatic heterocycles. The number of ether oxygens (including phenoxy) is 4. The molecule has 25 heavy (non-hydrogen) atoms. The first kappa shape index (κ1) is 21.1. The molecule has 4 nitrogen and oxygen atoms in total. The molecule has 5 heteroatoms. The molecule has 0 spiro atoms. The van der Waals surface area contributed by atoms with Gasteiger partial charge in [-0.15, -0.1) is 0 Å². The lowest BCUT2D eigenvalue weighted by molar-refractivity contribution is -0.197. The Labute approximate surface area is 165 Å². The smallest absolute Gasteiger partial charge is 0.0829 e. The molecule has 1 aromatic carbocycles. The van der Waals surface area contributed by atoms with E-state index < -0.39 is 0 Å². The maximum absolute atomic E-state index is 6.39. The topological polar surface area (TPSA) is 36.9 Å². The van der Waals surface area contributed by atoms with Crippen molar-refractivity contribution in [1.82, 2.24) is 0 Å². The number of alkyl halides is 1. The predicted octanol–water partition coefficient (Wildman–Crippen LogP) is 4.24. The zero-order chi connectivity index (χ0) is 18.3. The van der Waals surface area contributed by atoms with Crippen molar-refractivity contribution in [3.63, 3.8) is 0 Å². The zero-order valence-corrected chi connectivity index (χ0v) is 17.9. The van der Waals surface area contributed by atoms with Crippen molar-refractivity contribution in [2.75, 3.05) is 25.3 Å². The molecule has 1 fully saturated rings. The SMILES string of the molecule is COC[C@H](C[C@H]1O[C@@H](CI)C[C@@H](OCc2ccccc2)C1(C)C)OC. The number of hydrogen-bond acceptors (Lipinski definition) is 4. The second-order valence-corrected chi connectivity index (χ2v) is 8.17. The first-order valence-corrected chi connectivity index (χ1v) is 10.4. The van der Waals surface area contributed by atoms with Gasteiger partial charge in [-0.3, -0.25) is 0 Å². The molecule has 0 saturated carbocycles. The summed E-state index contributed by atoms with van der Waals surface area (Å²) in [5.74, 6) is 0. The van der Waals surface area contributed by atoms with E-state index in [9.17, 15) is 0 Å². The molecular formula is C20H31IO4. The van der Waals surface area contributed by atoms with Crippen molar-refractivity contribution in [1.29, 1.82) is 0 Å². The highest BCUT2D eigenvalue weighted by Crippen LogP contribution is 2.41. The van der Waals surface area contributed by atoms with Gasteiger partial charge in [-0.2, -0.15) is 0 Å². The van der Waals surface area contributed by atoms with Gasteiger partial charge in [0.1, 0.15) is 0 Å². The maximum atomic E-state index is 6.39. The number of methoxy groups -OCH3 is 2. The van der Waals surface area contributed by atoms with E-state index in [0.717, 1.165) is 17.3 Å². The van der Waals surface area contributed by atoms with Crippen molar-refractivity contribution >= 4 is 22.6 Å². The minimum atomic E-state index is -0.0817. The Hall–Kier alpha value is -0.210. The lowest BCUT2D eigenvalue weighted by Crippen LogP contribution is -2.53. The average Bonchev–Trinajstić information content (AvgIpc) is 2.62. The molecule has 0 aliphatic carbocycles. The summed E-state index contributed by atoms with van der Waals surface area (Å²) in [6.07, 6.45) is 2.25. The second-order valence-electron chi connectivity index (χ2n) is 7.29. The van der Waals surface area contributed by atoms with E-state index >= 15 is 0 Å². The maximum Gasteiger partial charge on any atom is 0.0829 e. The summed E-state index contributed by atoms with van der Waals surface area (Å²) in [7, 11) is 3.44. The van der Waals surface area contributed by atoms with Crippen molar-refractivity contribution in [3.8, 4) is 0 Å². The predicted molar refractivity (Wildman–Crippen MR) is 108 cm³/mol. The van der Waals surface area contributed by atoms with Gasteiger partial charge in [0, 0.05) is 36.9 Å². The molecule has 0 N–H and O–H groups in total. The molecule has 1 saturated heterocycles. The van der Waals surface area contributed by atoms with E-state index in [2.05, 4.69) is 60.7 Å². The van der Waals surface area contributed by atoms with Gasteiger partial charge in [0.05, 0.1) is 37.6 Å². The van der Waals surface area contributed by atoms with Gasteiger partial charge >= 0.3 is 0 Å². The molecule has 0 unspecified atom stereocenters. The number of hydrogen-bond donors (Lipinski definition) is 0. The van der Waals surface area contributed by atoms with E-state index in [-0.39, 0.29) is 29.8 Å². The Bertz CT molecular complexity index is 494. The molecule has 142 valence electrons. The van der Waals surface area contributed by atoms with E-state index in [1.165, 1.54) is 5.56 Å². The normalized spacial score (nSPS) is 27.2. The lowest BCUT2D eigenvalue weighted by Gasteiger charge is -2.48. The van der Waals surface area contributed by atoms with Crippen molar-refractivity contribution in [2.24, 2.45) is 5.41 Å². The Kier molecular flexibility index (Phi) is 8.61. The van der Waals surface area contributed by atoms with Crippen LogP contribution in [0.2, 0.25) is 0 Å². The summed E-state index contributed by atoms with van der Waals surface area (Å²) in [4.78, 5) is 0. The largest absolute Gasteiger partial charge is 0.382 e. The molecule has 0 radical (unpaired) electrons. The standard InChI is InChI=1S/C20H31IO4/c1-20(2)18(24-13-15-8-6-5-7-9-15)10-16(12-21)25-19(20)11-17(23-4)14-22-3/h5-9,16-19H,10-14H2,1-4H3/t16-,17+,18-,19-/m1/s1. The van der Waals surface area contributed by atoms with E-state index in [1.54, 1.807) is 14.2 Å². The first-order valence-electron chi connectivity index (χ1n) is 8.89. The molecule has 0 amide bonds. The molecule has 2 rings (SSSR count). The van der Waals surface area contributed by atoms with Gasteiger partial charge < -0.3 is 18.9 Å². The first-order chi connectivity index (χ1) is 12.0.